The van der Waals surface area contributed by atoms with E-state index in [0.29, 0.717) is 12.1 Å². The molecule has 1 atom stereocenters. The molecule has 0 fully saturated rings. The molecular formula is C16H14F5N3O4. The highest BCUT2D eigenvalue weighted by Crippen LogP contribution is 2.30. The number of aromatic nitrogens is 1. The van der Waals surface area contributed by atoms with E-state index < -0.39 is 60.0 Å². The van der Waals surface area contributed by atoms with E-state index in [1.54, 1.807) is 0 Å². The smallest absolute Gasteiger partial charge is 0.394 e. The number of carbonyl (C=O) groups excluding carboxylic acids is 1. The minimum absolute atomic E-state index is 0.136. The van der Waals surface area contributed by atoms with Crippen molar-refractivity contribution in [2.75, 3.05) is 18.5 Å². The van der Waals surface area contributed by atoms with Gasteiger partial charge in [-0.2, -0.15) is 13.2 Å². The van der Waals surface area contributed by atoms with E-state index in [4.69, 9.17) is 10.2 Å². The Balaban J connectivity index is 2.23. The minimum atomic E-state index is -4.68. The van der Waals surface area contributed by atoms with Crippen LogP contribution in [0.2, 0.25) is 0 Å². The lowest BCUT2D eigenvalue weighted by atomic mass is 10.1. The summed E-state index contributed by atoms with van der Waals surface area (Å²) in [6.07, 6.45) is -5.21. The number of aliphatic hydroxyl groups excluding tert-OH is 2. The van der Waals surface area contributed by atoms with Crippen molar-refractivity contribution in [1.82, 2.24) is 10.5 Å². The molecule has 0 radical (unpaired) electrons. The van der Waals surface area contributed by atoms with E-state index in [1.165, 1.54) is 0 Å². The summed E-state index contributed by atoms with van der Waals surface area (Å²) in [5, 5.41) is 20.1. The summed E-state index contributed by atoms with van der Waals surface area (Å²) < 4.78 is 65.3. The number of aliphatic hydroxyl groups is 2. The summed E-state index contributed by atoms with van der Waals surface area (Å²) in [5.41, 5.74) is -0.557. The molecule has 2 aromatic rings. The summed E-state index contributed by atoms with van der Waals surface area (Å²) in [5.74, 6) is -3.80. The van der Waals surface area contributed by atoms with Gasteiger partial charge >= 0.3 is 6.18 Å². The molecule has 0 aliphatic heterocycles. The van der Waals surface area contributed by atoms with E-state index in [1.807, 2.05) is 5.48 Å². The van der Waals surface area contributed by atoms with Gasteiger partial charge in [0.2, 0.25) is 0 Å². The predicted octanol–water partition coefficient (Wildman–Crippen LogP) is 2.14. The number of amides is 1. The molecule has 2 rings (SSSR count). The summed E-state index contributed by atoms with van der Waals surface area (Å²) in [4.78, 5) is 19.9. The lowest BCUT2D eigenvalue weighted by Crippen LogP contribution is -2.30. The van der Waals surface area contributed by atoms with Crippen LogP contribution < -0.4 is 10.8 Å². The Morgan fingerprint density at radius 2 is 1.93 bits per heavy atom. The van der Waals surface area contributed by atoms with Gasteiger partial charge in [0.1, 0.15) is 18.4 Å². The Bertz CT molecular complexity index is 830. The van der Waals surface area contributed by atoms with E-state index in [0.717, 1.165) is 18.3 Å². The van der Waals surface area contributed by atoms with Gasteiger partial charge in [-0.1, -0.05) is 0 Å². The number of carbonyl (C=O) groups is 1. The van der Waals surface area contributed by atoms with Crippen LogP contribution in [0.1, 0.15) is 16.1 Å². The molecule has 0 aliphatic carbocycles. The number of rotatable bonds is 7. The van der Waals surface area contributed by atoms with Crippen molar-refractivity contribution in [3.8, 4) is 0 Å². The van der Waals surface area contributed by atoms with Gasteiger partial charge in [0.25, 0.3) is 5.91 Å². The maximum Gasteiger partial charge on any atom is 0.433 e. The first kappa shape index (κ1) is 21.5. The lowest BCUT2D eigenvalue weighted by molar-refractivity contribution is -0.141. The molecule has 0 spiro atoms. The lowest BCUT2D eigenvalue weighted by Gasteiger charge is -2.14. The van der Waals surface area contributed by atoms with Gasteiger partial charge in [0, 0.05) is 0 Å². The van der Waals surface area contributed by atoms with Crippen LogP contribution in [0.5, 0.6) is 0 Å². The highest BCUT2D eigenvalue weighted by molar-refractivity contribution is 5.99. The summed E-state index contributed by atoms with van der Waals surface area (Å²) in [6, 6.07) is 3.14. The number of hydrogen-bond donors (Lipinski definition) is 4. The Morgan fingerprint density at radius 1 is 1.21 bits per heavy atom. The van der Waals surface area contributed by atoms with Crippen molar-refractivity contribution in [3.63, 3.8) is 0 Å². The fourth-order valence-electron chi connectivity index (χ4n) is 1.95. The number of hydrogen-bond acceptors (Lipinski definition) is 6. The quantitative estimate of drug-likeness (QED) is 0.414. The highest BCUT2D eigenvalue weighted by Gasteiger charge is 2.32. The number of pyridine rings is 1. The van der Waals surface area contributed by atoms with Crippen LogP contribution in [-0.4, -0.2) is 40.4 Å². The van der Waals surface area contributed by atoms with Crippen LogP contribution in [0.3, 0.4) is 0 Å². The van der Waals surface area contributed by atoms with Gasteiger partial charge in [-0.25, -0.2) is 19.2 Å². The van der Waals surface area contributed by atoms with Gasteiger partial charge in [-0.3, -0.25) is 9.63 Å². The monoisotopic (exact) mass is 407 g/mol. The molecule has 152 valence electrons. The molecule has 0 aliphatic rings. The Labute approximate surface area is 154 Å². The second-order valence-electron chi connectivity index (χ2n) is 5.42. The number of nitrogens with zero attached hydrogens (tertiary/aromatic N) is 1. The second kappa shape index (κ2) is 8.91. The normalized spacial score (nSPS) is 12.5. The maximum atomic E-state index is 14.1. The average Bonchev–Trinajstić information content (AvgIpc) is 2.65. The van der Waals surface area contributed by atoms with E-state index >= 15 is 0 Å². The zero-order valence-electron chi connectivity index (χ0n) is 13.9. The van der Waals surface area contributed by atoms with Gasteiger partial charge in [0.05, 0.1) is 29.7 Å². The molecule has 28 heavy (non-hydrogen) atoms. The molecule has 0 bridgehead atoms. The van der Waals surface area contributed by atoms with E-state index in [2.05, 4.69) is 15.1 Å². The number of hydroxylamine groups is 1. The Kier molecular flexibility index (Phi) is 6.83. The van der Waals surface area contributed by atoms with Gasteiger partial charge < -0.3 is 15.5 Å². The van der Waals surface area contributed by atoms with Crippen molar-refractivity contribution < 1.29 is 41.8 Å². The molecule has 1 heterocycles. The standard InChI is InChI=1S/C16H14F5N3O4/c17-11-3-2-10(15(27)24-28-7-9(26)6-25)14(13(11)18)23-8-1-4-12(22-5-8)16(19,20)21/h1-5,9,23,25-26H,6-7H2,(H,24,27). The summed E-state index contributed by atoms with van der Waals surface area (Å²) in [6.45, 7) is -1.10. The predicted molar refractivity (Wildman–Crippen MR) is 85.4 cm³/mol. The third-order valence-corrected chi connectivity index (χ3v) is 3.31. The summed E-state index contributed by atoms with van der Waals surface area (Å²) in [7, 11) is 0. The molecule has 7 nitrogen and oxygen atoms in total. The first-order chi connectivity index (χ1) is 13.1. The molecule has 4 N–H and O–H groups in total. The van der Waals surface area contributed by atoms with Crippen LogP contribution in [-0.2, 0) is 11.0 Å². The molecule has 1 amide bonds. The van der Waals surface area contributed by atoms with Crippen LogP contribution in [0, 0.1) is 11.6 Å². The Morgan fingerprint density at radius 3 is 2.50 bits per heavy atom. The van der Waals surface area contributed by atoms with Crippen molar-refractivity contribution in [3.05, 3.63) is 53.4 Å². The third kappa shape index (κ3) is 5.34. The number of benzene rings is 1. The van der Waals surface area contributed by atoms with Gasteiger partial charge in [-0.05, 0) is 24.3 Å². The number of halogens is 5. The number of nitrogens with one attached hydrogen (secondary N) is 2. The molecular weight excluding hydrogens is 393 g/mol. The average molecular weight is 407 g/mol. The van der Waals surface area contributed by atoms with Crippen molar-refractivity contribution >= 4 is 17.3 Å². The second-order valence-corrected chi connectivity index (χ2v) is 5.42. The zero-order valence-corrected chi connectivity index (χ0v) is 13.9. The SMILES string of the molecule is O=C(NOCC(O)CO)c1ccc(F)c(F)c1Nc1ccc(C(F)(F)F)nc1. The molecule has 1 unspecified atom stereocenters. The largest absolute Gasteiger partial charge is 0.433 e. The highest BCUT2D eigenvalue weighted by atomic mass is 19.4. The maximum absolute atomic E-state index is 14.1. The molecule has 1 aromatic carbocycles. The van der Waals surface area contributed by atoms with E-state index in [9.17, 15) is 26.7 Å². The van der Waals surface area contributed by atoms with E-state index in [-0.39, 0.29) is 5.69 Å². The first-order valence-electron chi connectivity index (χ1n) is 7.62. The van der Waals surface area contributed by atoms with Crippen LogP contribution in [0.4, 0.5) is 33.3 Å². The number of anilines is 2. The fourth-order valence-corrected chi connectivity index (χ4v) is 1.95. The topological polar surface area (TPSA) is 104 Å². The third-order valence-electron chi connectivity index (χ3n) is 3.31. The number of alkyl halides is 3. The van der Waals surface area contributed by atoms with Crippen LogP contribution in [0.25, 0.3) is 0 Å². The first-order valence-corrected chi connectivity index (χ1v) is 7.62. The van der Waals surface area contributed by atoms with Crippen LogP contribution in [0.15, 0.2) is 30.5 Å². The molecule has 0 saturated carbocycles. The van der Waals surface area contributed by atoms with Crippen molar-refractivity contribution in [1.29, 1.82) is 0 Å². The molecule has 1 aromatic heterocycles. The Hall–Kier alpha value is -2.83. The van der Waals surface area contributed by atoms with Crippen LogP contribution >= 0.6 is 0 Å². The molecule has 12 heteroatoms. The van der Waals surface area contributed by atoms with Gasteiger partial charge in [-0.15, -0.1) is 0 Å². The zero-order chi connectivity index (χ0) is 20.9. The summed E-state index contributed by atoms with van der Waals surface area (Å²) >= 11 is 0. The fraction of sp³-hybridized carbons (Fsp3) is 0.250. The molecule has 0 saturated heterocycles. The van der Waals surface area contributed by atoms with Crippen molar-refractivity contribution in [2.24, 2.45) is 0 Å². The van der Waals surface area contributed by atoms with Gasteiger partial charge in [0.15, 0.2) is 11.6 Å². The minimum Gasteiger partial charge on any atom is -0.394 e. The van der Waals surface area contributed by atoms with Crippen molar-refractivity contribution in [2.45, 2.75) is 12.3 Å².